The summed E-state index contributed by atoms with van der Waals surface area (Å²) < 4.78 is 0. The van der Waals surface area contributed by atoms with Gasteiger partial charge in [-0.3, -0.25) is 0 Å². The van der Waals surface area contributed by atoms with Crippen molar-refractivity contribution in [1.82, 2.24) is 4.98 Å². The highest BCUT2D eigenvalue weighted by Gasteiger charge is 2.02. The zero-order valence-electron chi connectivity index (χ0n) is 10.8. The van der Waals surface area contributed by atoms with Crippen LogP contribution in [0.4, 0.5) is 0 Å². The molecule has 0 N–H and O–H groups in total. The quantitative estimate of drug-likeness (QED) is 0.654. The van der Waals surface area contributed by atoms with Crippen molar-refractivity contribution in [2.45, 2.75) is 12.8 Å². The molecule has 1 heterocycles. The lowest BCUT2D eigenvalue weighted by Crippen LogP contribution is -1.88. The number of para-hydroxylation sites is 1. The molecule has 3 rings (SSSR count). The van der Waals surface area contributed by atoms with Crippen LogP contribution in [0.5, 0.6) is 0 Å². The minimum absolute atomic E-state index is 0.925. The number of pyridine rings is 1. The molecule has 0 saturated heterocycles. The SMILES string of the molecule is [CH2]CCc1cccc(-c2ccc3ccccc3n2)c1. The van der Waals surface area contributed by atoms with Crippen LogP contribution in [0.3, 0.4) is 0 Å². The Morgan fingerprint density at radius 2 is 1.79 bits per heavy atom. The van der Waals surface area contributed by atoms with Crippen LogP contribution in [0.15, 0.2) is 60.7 Å². The van der Waals surface area contributed by atoms with Crippen molar-refractivity contribution in [3.8, 4) is 11.3 Å². The number of fused-ring (bicyclic) bond motifs is 1. The maximum absolute atomic E-state index is 4.73. The Labute approximate surface area is 113 Å². The van der Waals surface area contributed by atoms with Gasteiger partial charge in [0, 0.05) is 10.9 Å². The lowest BCUT2D eigenvalue weighted by atomic mass is 10.0. The Hall–Kier alpha value is -2.15. The monoisotopic (exact) mass is 246 g/mol. The average molecular weight is 246 g/mol. The Kier molecular flexibility index (Phi) is 3.28. The largest absolute Gasteiger partial charge is 0.248 e. The molecule has 0 bridgehead atoms. The maximum atomic E-state index is 4.73. The van der Waals surface area contributed by atoms with Crippen LogP contribution in [0.25, 0.3) is 22.2 Å². The molecule has 1 aromatic heterocycles. The van der Waals surface area contributed by atoms with Crippen molar-refractivity contribution >= 4 is 10.9 Å². The molecule has 0 aliphatic heterocycles. The Morgan fingerprint density at radius 1 is 0.895 bits per heavy atom. The lowest BCUT2D eigenvalue weighted by Gasteiger charge is -2.05. The second-order valence-electron chi connectivity index (χ2n) is 4.69. The summed E-state index contributed by atoms with van der Waals surface area (Å²) in [6.45, 7) is 3.91. The molecule has 0 fully saturated rings. The minimum atomic E-state index is 0.925. The summed E-state index contributed by atoms with van der Waals surface area (Å²) in [6.07, 6.45) is 1.94. The first kappa shape index (κ1) is 11.9. The maximum Gasteiger partial charge on any atom is 0.0709 e. The molecule has 19 heavy (non-hydrogen) atoms. The van der Waals surface area contributed by atoms with Crippen LogP contribution >= 0.6 is 0 Å². The highest BCUT2D eigenvalue weighted by atomic mass is 14.7. The number of aromatic nitrogens is 1. The van der Waals surface area contributed by atoms with Crippen molar-refractivity contribution in [1.29, 1.82) is 0 Å². The summed E-state index contributed by atoms with van der Waals surface area (Å²) in [5.41, 5.74) is 4.58. The van der Waals surface area contributed by atoms with Gasteiger partial charge in [-0.2, -0.15) is 0 Å². The van der Waals surface area contributed by atoms with Crippen LogP contribution in [0, 0.1) is 6.92 Å². The number of aryl methyl sites for hydroxylation is 1. The van der Waals surface area contributed by atoms with E-state index in [-0.39, 0.29) is 0 Å². The van der Waals surface area contributed by atoms with E-state index in [1.165, 1.54) is 16.5 Å². The number of hydrogen-bond acceptors (Lipinski definition) is 1. The third kappa shape index (κ3) is 2.50. The fourth-order valence-electron chi connectivity index (χ4n) is 2.32. The summed E-state index contributed by atoms with van der Waals surface area (Å²) in [7, 11) is 0. The molecule has 2 aromatic carbocycles. The van der Waals surface area contributed by atoms with Crippen LogP contribution in [0.2, 0.25) is 0 Å². The third-order valence-electron chi connectivity index (χ3n) is 3.29. The smallest absolute Gasteiger partial charge is 0.0709 e. The zero-order chi connectivity index (χ0) is 13.1. The van der Waals surface area contributed by atoms with Gasteiger partial charge in [0.05, 0.1) is 11.2 Å². The van der Waals surface area contributed by atoms with Gasteiger partial charge >= 0.3 is 0 Å². The van der Waals surface area contributed by atoms with Gasteiger partial charge in [-0.1, -0.05) is 49.4 Å². The van der Waals surface area contributed by atoms with Gasteiger partial charge in [-0.15, -0.1) is 0 Å². The molecular weight excluding hydrogens is 230 g/mol. The van der Waals surface area contributed by atoms with Gasteiger partial charge < -0.3 is 0 Å². The molecule has 1 nitrogen and oxygen atoms in total. The van der Waals surface area contributed by atoms with Crippen LogP contribution in [-0.4, -0.2) is 4.98 Å². The molecule has 0 saturated carbocycles. The summed E-state index contributed by atoms with van der Waals surface area (Å²) in [6, 6.07) is 21.0. The van der Waals surface area contributed by atoms with Crippen molar-refractivity contribution in [2.75, 3.05) is 0 Å². The number of rotatable bonds is 3. The third-order valence-corrected chi connectivity index (χ3v) is 3.29. The van der Waals surface area contributed by atoms with E-state index in [4.69, 9.17) is 4.98 Å². The Balaban J connectivity index is 2.05. The van der Waals surface area contributed by atoms with Crippen LogP contribution in [-0.2, 0) is 6.42 Å². The van der Waals surface area contributed by atoms with E-state index < -0.39 is 0 Å². The lowest BCUT2D eigenvalue weighted by molar-refractivity contribution is 1.000. The average Bonchev–Trinajstić information content (AvgIpc) is 2.47. The normalized spacial score (nSPS) is 10.8. The van der Waals surface area contributed by atoms with Crippen molar-refractivity contribution in [3.05, 3.63) is 73.2 Å². The van der Waals surface area contributed by atoms with Gasteiger partial charge in [-0.05, 0) is 36.6 Å². The molecule has 0 aliphatic rings. The predicted molar refractivity (Wildman–Crippen MR) is 80.9 cm³/mol. The molecular formula is C18H16N. The molecule has 0 atom stereocenters. The van der Waals surface area contributed by atoms with Crippen molar-refractivity contribution < 1.29 is 0 Å². The molecule has 0 amide bonds. The molecule has 1 heteroatoms. The Morgan fingerprint density at radius 3 is 2.68 bits per heavy atom. The van der Waals surface area contributed by atoms with E-state index in [9.17, 15) is 0 Å². The van der Waals surface area contributed by atoms with E-state index in [1.807, 2.05) is 12.1 Å². The fraction of sp³-hybridized carbons (Fsp3) is 0.111. The van der Waals surface area contributed by atoms with E-state index in [1.54, 1.807) is 0 Å². The van der Waals surface area contributed by atoms with Gasteiger partial charge in [-0.25, -0.2) is 4.98 Å². The van der Waals surface area contributed by atoms with Gasteiger partial charge in [0.1, 0.15) is 0 Å². The second-order valence-corrected chi connectivity index (χ2v) is 4.69. The van der Waals surface area contributed by atoms with E-state index in [0.717, 1.165) is 24.1 Å². The molecule has 3 aromatic rings. The second kappa shape index (κ2) is 5.23. The van der Waals surface area contributed by atoms with Gasteiger partial charge in [0.15, 0.2) is 0 Å². The van der Waals surface area contributed by atoms with E-state index >= 15 is 0 Å². The van der Waals surface area contributed by atoms with Crippen LogP contribution in [0.1, 0.15) is 12.0 Å². The number of benzene rings is 2. The standard InChI is InChI=1S/C18H16N/c1-2-6-14-7-5-9-16(13-14)18-12-11-15-8-3-4-10-17(15)19-18/h3-5,7-13H,1-2,6H2. The first-order valence-electron chi connectivity index (χ1n) is 6.61. The highest BCUT2D eigenvalue weighted by Crippen LogP contribution is 2.22. The summed E-state index contributed by atoms with van der Waals surface area (Å²) in [4.78, 5) is 4.73. The zero-order valence-corrected chi connectivity index (χ0v) is 10.8. The van der Waals surface area contributed by atoms with Gasteiger partial charge in [0.25, 0.3) is 0 Å². The topological polar surface area (TPSA) is 12.9 Å². The molecule has 1 radical (unpaired) electrons. The number of nitrogens with zero attached hydrogens (tertiary/aromatic N) is 1. The van der Waals surface area contributed by atoms with Crippen molar-refractivity contribution in [3.63, 3.8) is 0 Å². The molecule has 0 spiro atoms. The summed E-state index contributed by atoms with van der Waals surface area (Å²) >= 11 is 0. The van der Waals surface area contributed by atoms with Crippen molar-refractivity contribution in [2.24, 2.45) is 0 Å². The van der Waals surface area contributed by atoms with E-state index in [0.29, 0.717) is 0 Å². The van der Waals surface area contributed by atoms with Gasteiger partial charge in [0.2, 0.25) is 0 Å². The highest BCUT2D eigenvalue weighted by molar-refractivity contribution is 5.81. The number of hydrogen-bond donors (Lipinski definition) is 0. The summed E-state index contributed by atoms with van der Waals surface area (Å²) in [5, 5.41) is 1.18. The molecule has 0 unspecified atom stereocenters. The first-order valence-corrected chi connectivity index (χ1v) is 6.61. The Bertz CT molecular complexity index is 701. The van der Waals surface area contributed by atoms with Crippen LogP contribution < -0.4 is 0 Å². The predicted octanol–water partition coefficient (Wildman–Crippen LogP) is 4.67. The fourth-order valence-corrected chi connectivity index (χ4v) is 2.32. The minimum Gasteiger partial charge on any atom is -0.248 e. The molecule has 93 valence electrons. The summed E-state index contributed by atoms with van der Waals surface area (Å²) in [5.74, 6) is 0. The van der Waals surface area contributed by atoms with E-state index in [2.05, 4.69) is 55.5 Å². The molecule has 0 aliphatic carbocycles. The first-order chi connectivity index (χ1) is 9.36.